The Kier molecular flexibility index (Phi) is 6.25. The van der Waals surface area contributed by atoms with Crippen LogP contribution in [0.5, 0.6) is 0 Å². The van der Waals surface area contributed by atoms with Gasteiger partial charge in [0.15, 0.2) is 0 Å². The number of rotatable bonds is 6. The largest absolute Gasteiger partial charge is 0.316 e. The molecule has 1 rings (SSSR count). The van der Waals surface area contributed by atoms with Gasteiger partial charge in [0, 0.05) is 0 Å². The first-order chi connectivity index (χ1) is 6.83. The van der Waals surface area contributed by atoms with Gasteiger partial charge in [-0.2, -0.15) is 0 Å². The van der Waals surface area contributed by atoms with Gasteiger partial charge in [-0.3, -0.25) is 0 Å². The minimum atomic E-state index is 0.879. The van der Waals surface area contributed by atoms with E-state index in [2.05, 4.69) is 19.2 Å². The second-order valence-corrected chi connectivity index (χ2v) is 5.05. The topological polar surface area (TPSA) is 12.0 Å². The van der Waals surface area contributed by atoms with E-state index in [1.54, 1.807) is 0 Å². The van der Waals surface area contributed by atoms with Crippen LogP contribution in [0.2, 0.25) is 0 Å². The predicted octanol–water partition coefficient (Wildman–Crippen LogP) is 3.59. The fraction of sp³-hybridized carbons (Fsp3) is 1.00. The second-order valence-electron chi connectivity index (χ2n) is 5.05. The molecule has 0 amide bonds. The summed E-state index contributed by atoms with van der Waals surface area (Å²) in [6.07, 6.45) is 10.2. The van der Waals surface area contributed by atoms with Crippen molar-refractivity contribution >= 4 is 0 Å². The number of nitrogens with one attached hydrogen (secondary N) is 1. The third-order valence-electron chi connectivity index (χ3n) is 3.38. The summed E-state index contributed by atoms with van der Waals surface area (Å²) in [6.45, 7) is 7.05. The molecule has 0 bridgehead atoms. The molecule has 0 saturated heterocycles. The molecule has 84 valence electrons. The molecule has 1 saturated carbocycles. The van der Waals surface area contributed by atoms with Crippen LogP contribution in [-0.4, -0.2) is 13.1 Å². The van der Waals surface area contributed by atoms with Gasteiger partial charge in [0.05, 0.1) is 0 Å². The summed E-state index contributed by atoms with van der Waals surface area (Å²) in [5.74, 6) is 1.92. The van der Waals surface area contributed by atoms with Gasteiger partial charge in [-0.05, 0) is 37.8 Å². The van der Waals surface area contributed by atoms with E-state index in [0.717, 1.165) is 11.8 Å². The van der Waals surface area contributed by atoms with Crippen LogP contribution in [0, 0.1) is 11.8 Å². The van der Waals surface area contributed by atoms with E-state index in [1.807, 2.05) is 0 Å². The van der Waals surface area contributed by atoms with Crippen LogP contribution in [-0.2, 0) is 0 Å². The van der Waals surface area contributed by atoms with Crippen molar-refractivity contribution in [1.29, 1.82) is 0 Å². The summed E-state index contributed by atoms with van der Waals surface area (Å²) < 4.78 is 0. The van der Waals surface area contributed by atoms with E-state index in [0.29, 0.717) is 0 Å². The highest BCUT2D eigenvalue weighted by Gasteiger charge is 2.15. The molecule has 0 aromatic heterocycles. The van der Waals surface area contributed by atoms with E-state index in [4.69, 9.17) is 0 Å². The Morgan fingerprint density at radius 3 is 2.57 bits per heavy atom. The quantitative estimate of drug-likeness (QED) is 0.642. The zero-order valence-electron chi connectivity index (χ0n) is 10.0. The molecule has 0 aromatic rings. The zero-order valence-corrected chi connectivity index (χ0v) is 10.0. The molecule has 0 aromatic carbocycles. The Hall–Kier alpha value is -0.0400. The second kappa shape index (κ2) is 7.28. The van der Waals surface area contributed by atoms with Crippen LogP contribution in [0.1, 0.15) is 58.8 Å². The first-order valence-corrected chi connectivity index (χ1v) is 6.53. The SMILES string of the molecule is CCCNCC(C)CC1CCCCC1. The van der Waals surface area contributed by atoms with Crippen LogP contribution in [0.15, 0.2) is 0 Å². The maximum atomic E-state index is 3.52. The highest BCUT2D eigenvalue weighted by atomic mass is 14.8. The molecule has 1 unspecified atom stereocenters. The summed E-state index contributed by atoms with van der Waals surface area (Å²) in [5, 5.41) is 3.52. The van der Waals surface area contributed by atoms with Crippen molar-refractivity contribution in [3.8, 4) is 0 Å². The van der Waals surface area contributed by atoms with Crippen molar-refractivity contribution in [2.24, 2.45) is 11.8 Å². The first-order valence-electron chi connectivity index (χ1n) is 6.53. The van der Waals surface area contributed by atoms with Gasteiger partial charge in [-0.1, -0.05) is 46.0 Å². The van der Waals surface area contributed by atoms with E-state index in [9.17, 15) is 0 Å². The van der Waals surface area contributed by atoms with Crippen molar-refractivity contribution in [2.45, 2.75) is 58.8 Å². The van der Waals surface area contributed by atoms with Crippen LogP contribution in [0.3, 0.4) is 0 Å². The predicted molar refractivity (Wildman–Crippen MR) is 63.5 cm³/mol. The Bertz CT molecular complexity index is 127. The smallest absolute Gasteiger partial charge is 0.00231 e. The molecule has 0 spiro atoms. The molecule has 0 aliphatic heterocycles. The molecule has 1 heteroatoms. The highest BCUT2D eigenvalue weighted by molar-refractivity contribution is 4.69. The van der Waals surface area contributed by atoms with E-state index < -0.39 is 0 Å². The summed E-state index contributed by atoms with van der Waals surface area (Å²) >= 11 is 0. The first kappa shape index (κ1) is 12.0. The lowest BCUT2D eigenvalue weighted by atomic mass is 9.83. The van der Waals surface area contributed by atoms with E-state index >= 15 is 0 Å². The Morgan fingerprint density at radius 1 is 1.21 bits per heavy atom. The lowest BCUT2D eigenvalue weighted by Gasteiger charge is -2.24. The minimum absolute atomic E-state index is 0.879. The van der Waals surface area contributed by atoms with E-state index in [-0.39, 0.29) is 0 Å². The maximum absolute atomic E-state index is 3.52. The van der Waals surface area contributed by atoms with Crippen LogP contribution in [0.25, 0.3) is 0 Å². The van der Waals surface area contributed by atoms with E-state index in [1.165, 1.54) is 58.0 Å². The fourth-order valence-corrected chi connectivity index (χ4v) is 2.60. The molecule has 1 N–H and O–H groups in total. The van der Waals surface area contributed by atoms with Gasteiger partial charge in [0.2, 0.25) is 0 Å². The Morgan fingerprint density at radius 2 is 1.93 bits per heavy atom. The molecule has 1 aliphatic rings. The minimum Gasteiger partial charge on any atom is -0.316 e. The van der Waals surface area contributed by atoms with Gasteiger partial charge in [-0.25, -0.2) is 0 Å². The average molecular weight is 197 g/mol. The number of hydrogen-bond donors (Lipinski definition) is 1. The molecule has 1 fully saturated rings. The van der Waals surface area contributed by atoms with Crippen LogP contribution >= 0.6 is 0 Å². The van der Waals surface area contributed by atoms with Gasteiger partial charge >= 0.3 is 0 Å². The molecule has 1 atom stereocenters. The number of hydrogen-bond acceptors (Lipinski definition) is 1. The molecule has 1 nitrogen and oxygen atoms in total. The van der Waals surface area contributed by atoms with Crippen molar-refractivity contribution in [3.63, 3.8) is 0 Å². The van der Waals surface area contributed by atoms with Crippen LogP contribution < -0.4 is 5.32 Å². The summed E-state index contributed by atoms with van der Waals surface area (Å²) in [7, 11) is 0. The lowest BCUT2D eigenvalue weighted by Crippen LogP contribution is -2.24. The van der Waals surface area contributed by atoms with Crippen molar-refractivity contribution < 1.29 is 0 Å². The van der Waals surface area contributed by atoms with Gasteiger partial charge in [0.25, 0.3) is 0 Å². The molecule has 0 radical (unpaired) electrons. The van der Waals surface area contributed by atoms with Gasteiger partial charge in [-0.15, -0.1) is 0 Å². The van der Waals surface area contributed by atoms with Crippen LogP contribution in [0.4, 0.5) is 0 Å². The summed E-state index contributed by atoms with van der Waals surface area (Å²) in [5.41, 5.74) is 0. The monoisotopic (exact) mass is 197 g/mol. The third kappa shape index (κ3) is 4.99. The Balaban J connectivity index is 2.03. The molecule has 0 heterocycles. The standard InChI is InChI=1S/C13H27N/c1-3-9-14-11-12(2)10-13-7-5-4-6-8-13/h12-14H,3-11H2,1-2H3. The zero-order chi connectivity index (χ0) is 10.2. The average Bonchev–Trinajstić information content (AvgIpc) is 2.20. The molecular formula is C13H27N. The molecule has 1 aliphatic carbocycles. The van der Waals surface area contributed by atoms with Gasteiger partial charge < -0.3 is 5.32 Å². The summed E-state index contributed by atoms with van der Waals surface area (Å²) in [4.78, 5) is 0. The molecular weight excluding hydrogens is 170 g/mol. The lowest BCUT2D eigenvalue weighted by molar-refractivity contribution is 0.292. The van der Waals surface area contributed by atoms with Gasteiger partial charge in [0.1, 0.15) is 0 Å². The highest BCUT2D eigenvalue weighted by Crippen LogP contribution is 2.28. The molecule has 14 heavy (non-hydrogen) atoms. The summed E-state index contributed by atoms with van der Waals surface area (Å²) in [6, 6.07) is 0. The normalized spacial score (nSPS) is 21.0. The third-order valence-corrected chi connectivity index (χ3v) is 3.38. The Labute approximate surface area is 89.7 Å². The fourth-order valence-electron chi connectivity index (χ4n) is 2.60. The van der Waals surface area contributed by atoms with Crippen molar-refractivity contribution in [1.82, 2.24) is 5.32 Å². The van der Waals surface area contributed by atoms with Crippen molar-refractivity contribution in [3.05, 3.63) is 0 Å². The maximum Gasteiger partial charge on any atom is -0.00231 e. The van der Waals surface area contributed by atoms with Crippen molar-refractivity contribution in [2.75, 3.05) is 13.1 Å².